The number of aliphatic hydroxyl groups excluding tert-OH is 1. The Morgan fingerprint density at radius 2 is 2.10 bits per heavy atom. The Morgan fingerprint density at radius 1 is 1.27 bits per heavy atom. The van der Waals surface area contributed by atoms with E-state index in [2.05, 4.69) is 41.4 Å². The molecule has 0 bridgehead atoms. The van der Waals surface area contributed by atoms with Crippen LogP contribution >= 0.6 is 24.0 Å². The van der Waals surface area contributed by atoms with Crippen LogP contribution in [0, 0.1) is 5.92 Å². The standard InChI is InChI=1S/C23H34N4O2.HI/c1-2-24-23(25-15-17-7-5-10-21(17)28)27-16-18(19-8-3-4-9-20(19)27)12-14-26-13-6-11-22(26)29;/h3-4,8-9,17-18,21,28H,2,5-7,10-16H2,1H3,(H,24,25);1H. The van der Waals surface area contributed by atoms with Gasteiger partial charge >= 0.3 is 0 Å². The monoisotopic (exact) mass is 526 g/mol. The minimum absolute atomic E-state index is 0. The van der Waals surface area contributed by atoms with E-state index < -0.39 is 0 Å². The Hall–Kier alpha value is -1.35. The molecule has 0 spiro atoms. The van der Waals surface area contributed by atoms with Gasteiger partial charge in [-0.3, -0.25) is 9.79 Å². The number of para-hydroxylation sites is 1. The van der Waals surface area contributed by atoms with Gasteiger partial charge in [-0.25, -0.2) is 0 Å². The number of nitrogens with one attached hydrogen (secondary N) is 1. The lowest BCUT2D eigenvalue weighted by Gasteiger charge is -2.24. The van der Waals surface area contributed by atoms with Gasteiger partial charge in [0, 0.05) is 56.7 Å². The average molecular weight is 526 g/mol. The smallest absolute Gasteiger partial charge is 0.222 e. The van der Waals surface area contributed by atoms with Gasteiger partial charge in [0.2, 0.25) is 5.91 Å². The molecule has 2 aliphatic heterocycles. The second-order valence-electron chi connectivity index (χ2n) is 8.59. The maximum absolute atomic E-state index is 12.0. The predicted octanol–water partition coefficient (Wildman–Crippen LogP) is 3.35. The van der Waals surface area contributed by atoms with Crippen molar-refractivity contribution in [2.45, 2.75) is 57.5 Å². The third-order valence-electron chi connectivity index (χ3n) is 6.67. The lowest BCUT2D eigenvalue weighted by Crippen LogP contribution is -2.41. The molecule has 1 saturated carbocycles. The summed E-state index contributed by atoms with van der Waals surface area (Å²) in [6.07, 6.45) is 5.54. The van der Waals surface area contributed by atoms with Crippen molar-refractivity contribution in [3.8, 4) is 0 Å². The largest absolute Gasteiger partial charge is 0.393 e. The SMILES string of the molecule is CCNC(=NCC1CCCC1O)N1CC(CCN2CCCC2=O)c2ccccc21.I. The second-order valence-corrected chi connectivity index (χ2v) is 8.59. The summed E-state index contributed by atoms with van der Waals surface area (Å²) in [6, 6.07) is 8.58. The van der Waals surface area contributed by atoms with Gasteiger partial charge in [-0.15, -0.1) is 24.0 Å². The molecule has 6 nitrogen and oxygen atoms in total. The number of carbonyl (C=O) groups is 1. The zero-order valence-electron chi connectivity index (χ0n) is 17.9. The van der Waals surface area contributed by atoms with Crippen molar-refractivity contribution in [3.63, 3.8) is 0 Å². The number of nitrogens with zero attached hydrogens (tertiary/aromatic N) is 3. The van der Waals surface area contributed by atoms with Crippen molar-refractivity contribution in [3.05, 3.63) is 29.8 Å². The summed E-state index contributed by atoms with van der Waals surface area (Å²) < 4.78 is 0. The molecule has 1 saturated heterocycles. The van der Waals surface area contributed by atoms with Gasteiger partial charge in [0.05, 0.1) is 6.10 Å². The molecule has 1 aromatic rings. The number of hydrogen-bond acceptors (Lipinski definition) is 3. The molecule has 0 radical (unpaired) electrons. The molecule has 7 heteroatoms. The summed E-state index contributed by atoms with van der Waals surface area (Å²) >= 11 is 0. The summed E-state index contributed by atoms with van der Waals surface area (Å²) in [7, 11) is 0. The first-order valence-electron chi connectivity index (χ1n) is 11.3. The van der Waals surface area contributed by atoms with Crippen molar-refractivity contribution >= 4 is 41.5 Å². The fourth-order valence-electron chi connectivity index (χ4n) is 5.02. The van der Waals surface area contributed by atoms with E-state index in [0.717, 1.165) is 64.2 Å². The maximum atomic E-state index is 12.0. The first kappa shape index (κ1) is 23.3. The van der Waals surface area contributed by atoms with Crippen molar-refractivity contribution in [1.29, 1.82) is 0 Å². The van der Waals surface area contributed by atoms with E-state index in [1.807, 2.05) is 4.90 Å². The third-order valence-corrected chi connectivity index (χ3v) is 6.67. The van der Waals surface area contributed by atoms with Crippen LogP contribution in [0.25, 0.3) is 0 Å². The van der Waals surface area contributed by atoms with Gasteiger partial charge in [0.15, 0.2) is 5.96 Å². The van der Waals surface area contributed by atoms with E-state index in [1.165, 1.54) is 11.3 Å². The average Bonchev–Trinajstić information content (AvgIpc) is 3.43. The van der Waals surface area contributed by atoms with Crippen molar-refractivity contribution < 1.29 is 9.90 Å². The van der Waals surface area contributed by atoms with E-state index in [-0.39, 0.29) is 36.0 Å². The number of fused-ring (bicyclic) bond motifs is 1. The van der Waals surface area contributed by atoms with Crippen LogP contribution in [0.2, 0.25) is 0 Å². The number of likely N-dealkylation sites (tertiary alicyclic amines) is 1. The molecular weight excluding hydrogens is 491 g/mol. The van der Waals surface area contributed by atoms with E-state index in [1.54, 1.807) is 0 Å². The van der Waals surface area contributed by atoms with Crippen LogP contribution in [0.1, 0.15) is 56.9 Å². The number of carbonyl (C=O) groups excluding carboxylic acids is 1. The highest BCUT2D eigenvalue weighted by atomic mass is 127. The molecule has 0 aromatic heterocycles. The molecule has 3 aliphatic rings. The molecule has 1 amide bonds. The molecule has 4 rings (SSSR count). The normalized spacial score (nSPS) is 26.1. The number of anilines is 1. The van der Waals surface area contributed by atoms with Crippen molar-refractivity contribution in [2.24, 2.45) is 10.9 Å². The van der Waals surface area contributed by atoms with Gasteiger partial charge in [0.1, 0.15) is 0 Å². The lowest BCUT2D eigenvalue weighted by molar-refractivity contribution is -0.127. The first-order chi connectivity index (χ1) is 14.2. The Kier molecular flexibility index (Phi) is 8.39. The Bertz CT molecular complexity index is 756. The summed E-state index contributed by atoms with van der Waals surface area (Å²) in [4.78, 5) is 21.2. The van der Waals surface area contributed by atoms with Crippen LogP contribution in [-0.4, -0.2) is 60.7 Å². The van der Waals surface area contributed by atoms with Gasteiger partial charge in [0.25, 0.3) is 0 Å². The van der Waals surface area contributed by atoms with Crippen LogP contribution in [0.4, 0.5) is 5.69 Å². The molecule has 2 fully saturated rings. The zero-order chi connectivity index (χ0) is 20.2. The van der Waals surface area contributed by atoms with Crippen LogP contribution in [0.15, 0.2) is 29.3 Å². The number of halogens is 1. The third kappa shape index (κ3) is 5.10. The number of rotatable bonds is 6. The van der Waals surface area contributed by atoms with Gasteiger partial charge in [-0.2, -0.15) is 0 Å². The highest BCUT2D eigenvalue weighted by Gasteiger charge is 2.32. The zero-order valence-corrected chi connectivity index (χ0v) is 20.3. The van der Waals surface area contributed by atoms with Crippen LogP contribution in [0.5, 0.6) is 0 Å². The summed E-state index contributed by atoms with van der Waals surface area (Å²) in [6.45, 7) is 6.23. The van der Waals surface area contributed by atoms with Gasteiger partial charge in [-0.05, 0) is 44.2 Å². The number of benzene rings is 1. The minimum atomic E-state index is -0.210. The van der Waals surface area contributed by atoms with Crippen LogP contribution in [0.3, 0.4) is 0 Å². The molecule has 1 aliphatic carbocycles. The van der Waals surface area contributed by atoms with Gasteiger partial charge < -0.3 is 20.2 Å². The molecule has 1 aromatic carbocycles. The van der Waals surface area contributed by atoms with E-state index in [0.29, 0.717) is 24.8 Å². The molecule has 3 atom stereocenters. The Balaban J connectivity index is 0.00000256. The fraction of sp³-hybridized carbons (Fsp3) is 0.652. The number of aliphatic imine (C=N–C) groups is 1. The molecule has 2 heterocycles. The molecule has 30 heavy (non-hydrogen) atoms. The van der Waals surface area contributed by atoms with E-state index >= 15 is 0 Å². The van der Waals surface area contributed by atoms with Crippen LogP contribution in [-0.2, 0) is 4.79 Å². The lowest BCUT2D eigenvalue weighted by atomic mass is 9.98. The molecule has 166 valence electrons. The topological polar surface area (TPSA) is 68.2 Å². The first-order valence-corrected chi connectivity index (χ1v) is 11.3. The van der Waals surface area contributed by atoms with Gasteiger partial charge in [-0.1, -0.05) is 24.6 Å². The number of guanidine groups is 1. The van der Waals surface area contributed by atoms with E-state index in [9.17, 15) is 9.90 Å². The minimum Gasteiger partial charge on any atom is -0.393 e. The quantitative estimate of drug-likeness (QED) is 0.339. The second kappa shape index (κ2) is 10.8. The van der Waals surface area contributed by atoms with Crippen LogP contribution < -0.4 is 10.2 Å². The summed E-state index contributed by atoms with van der Waals surface area (Å²) in [5, 5.41) is 13.6. The van der Waals surface area contributed by atoms with Crippen molar-refractivity contribution in [1.82, 2.24) is 10.2 Å². The number of hydrogen-bond donors (Lipinski definition) is 2. The summed E-state index contributed by atoms with van der Waals surface area (Å²) in [5.41, 5.74) is 2.57. The molecular formula is C23H35IN4O2. The molecule has 2 N–H and O–H groups in total. The Morgan fingerprint density at radius 3 is 2.80 bits per heavy atom. The van der Waals surface area contributed by atoms with Crippen molar-refractivity contribution in [2.75, 3.05) is 37.6 Å². The predicted molar refractivity (Wildman–Crippen MR) is 132 cm³/mol. The highest BCUT2D eigenvalue weighted by Crippen LogP contribution is 2.38. The number of aliphatic hydroxyl groups is 1. The summed E-state index contributed by atoms with van der Waals surface area (Å²) in [5.74, 6) is 1.90. The Labute approximate surface area is 197 Å². The molecule has 3 unspecified atom stereocenters. The van der Waals surface area contributed by atoms with E-state index in [4.69, 9.17) is 4.99 Å². The maximum Gasteiger partial charge on any atom is 0.222 e. The number of amides is 1. The fourth-order valence-corrected chi connectivity index (χ4v) is 5.02. The highest BCUT2D eigenvalue weighted by molar-refractivity contribution is 14.0.